The number of Topliss-reactive ketones (excluding diaryl/α,β-unsaturated/α-hetero) is 1. The van der Waals surface area contributed by atoms with E-state index in [0.717, 1.165) is 38.5 Å². The van der Waals surface area contributed by atoms with Crippen molar-refractivity contribution in [2.24, 2.45) is 22.7 Å². The molecule has 4 unspecified atom stereocenters. The summed E-state index contributed by atoms with van der Waals surface area (Å²) >= 11 is 0. The van der Waals surface area contributed by atoms with Crippen molar-refractivity contribution in [3.05, 3.63) is 23.3 Å². The van der Waals surface area contributed by atoms with E-state index >= 15 is 0 Å². The van der Waals surface area contributed by atoms with Gasteiger partial charge >= 0.3 is 0 Å². The van der Waals surface area contributed by atoms with Gasteiger partial charge in [-0.05, 0) is 50.0 Å². The van der Waals surface area contributed by atoms with Crippen LogP contribution in [0.4, 0.5) is 0 Å². The lowest BCUT2D eigenvalue weighted by Gasteiger charge is -2.52. The Hall–Kier alpha value is -1.71. The summed E-state index contributed by atoms with van der Waals surface area (Å²) in [7, 11) is 1.31. The summed E-state index contributed by atoms with van der Waals surface area (Å²) in [6.07, 6.45) is 10.9. The van der Waals surface area contributed by atoms with Crippen LogP contribution in [0.3, 0.4) is 0 Å². The molecule has 4 atom stereocenters. The quantitative estimate of drug-likeness (QED) is 0.536. The molecular formula is C21H28O4. The number of fused-ring (bicyclic) bond motifs is 5. The third-order valence-electron chi connectivity index (χ3n) is 7.14. The Morgan fingerprint density at radius 1 is 1.16 bits per heavy atom. The van der Waals surface area contributed by atoms with Crippen LogP contribution < -0.4 is 0 Å². The van der Waals surface area contributed by atoms with E-state index in [9.17, 15) is 9.59 Å². The molecule has 0 aromatic heterocycles. The molecule has 136 valence electrons. The number of hydrogen-bond acceptors (Lipinski definition) is 4. The number of methoxy groups -OCH3 is 1. The van der Waals surface area contributed by atoms with E-state index in [4.69, 9.17) is 4.79 Å². The van der Waals surface area contributed by atoms with Crippen LogP contribution in [-0.2, 0) is 19.1 Å². The highest BCUT2D eigenvalue weighted by atomic mass is 16.5. The molecule has 4 aliphatic rings. The van der Waals surface area contributed by atoms with Crippen LogP contribution in [0.2, 0.25) is 0 Å². The number of hydrogen-bond donors (Lipinski definition) is 0. The molecule has 0 bridgehead atoms. The van der Waals surface area contributed by atoms with E-state index in [0.29, 0.717) is 36.3 Å². The van der Waals surface area contributed by atoms with Gasteiger partial charge in [0, 0.05) is 23.7 Å². The monoisotopic (exact) mass is 344 g/mol. The largest absolute Gasteiger partial charge is 0.471 e. The molecule has 0 N–H and O–H groups in total. The van der Waals surface area contributed by atoms with Crippen molar-refractivity contribution >= 4 is 18.0 Å². The van der Waals surface area contributed by atoms with Gasteiger partial charge in [-0.1, -0.05) is 31.1 Å². The standard InChI is InChI=1S/C19H24O2.C2H4O2/c1-18-9-7-13(20)11-12(18)3-4-14-15-5-6-17(21)19(15,2)10-8-16(14)18;1-4-2-3/h8,11,14-15H,3-7,9-10H2,1-2H3;2H,1H3. The second-order valence-electron chi connectivity index (χ2n) is 8.29. The first-order valence-electron chi connectivity index (χ1n) is 9.31. The molecule has 2 saturated carbocycles. The summed E-state index contributed by atoms with van der Waals surface area (Å²) in [5.41, 5.74) is 2.92. The maximum Gasteiger partial charge on any atom is 0.292 e. The first-order chi connectivity index (χ1) is 11.9. The van der Waals surface area contributed by atoms with Crippen molar-refractivity contribution in [1.82, 2.24) is 0 Å². The zero-order valence-corrected chi connectivity index (χ0v) is 15.5. The summed E-state index contributed by atoms with van der Waals surface area (Å²) in [6, 6.07) is 0. The fourth-order valence-electron chi connectivity index (χ4n) is 5.64. The molecular weight excluding hydrogens is 316 g/mol. The van der Waals surface area contributed by atoms with Crippen LogP contribution in [0.1, 0.15) is 58.8 Å². The van der Waals surface area contributed by atoms with Crippen LogP contribution in [0.5, 0.6) is 0 Å². The Bertz CT molecular complexity index is 659. The van der Waals surface area contributed by atoms with Crippen LogP contribution in [0.15, 0.2) is 23.3 Å². The van der Waals surface area contributed by atoms with E-state index in [2.05, 4.69) is 24.7 Å². The number of rotatable bonds is 1. The van der Waals surface area contributed by atoms with Gasteiger partial charge in [0.15, 0.2) is 5.78 Å². The maximum absolute atomic E-state index is 12.3. The minimum absolute atomic E-state index is 0.101. The van der Waals surface area contributed by atoms with Crippen LogP contribution in [0, 0.1) is 22.7 Å². The Kier molecular flexibility index (Phi) is 4.74. The van der Waals surface area contributed by atoms with Crippen LogP contribution in [0.25, 0.3) is 0 Å². The van der Waals surface area contributed by atoms with Crippen LogP contribution >= 0.6 is 0 Å². The third-order valence-corrected chi connectivity index (χ3v) is 7.14. The van der Waals surface area contributed by atoms with E-state index in [1.165, 1.54) is 12.7 Å². The number of carbonyl (C=O) groups is 3. The number of allylic oxidation sites excluding steroid dienone is 4. The summed E-state index contributed by atoms with van der Waals surface area (Å²) < 4.78 is 3.86. The van der Waals surface area contributed by atoms with Gasteiger partial charge in [-0.25, -0.2) is 0 Å². The second kappa shape index (κ2) is 6.54. The van der Waals surface area contributed by atoms with Gasteiger partial charge in [-0.15, -0.1) is 0 Å². The second-order valence-corrected chi connectivity index (χ2v) is 8.29. The zero-order valence-electron chi connectivity index (χ0n) is 15.5. The molecule has 0 saturated heterocycles. The highest BCUT2D eigenvalue weighted by molar-refractivity contribution is 5.92. The normalized spacial score (nSPS) is 39.0. The van der Waals surface area contributed by atoms with E-state index in [1.54, 1.807) is 5.57 Å². The molecule has 0 spiro atoms. The van der Waals surface area contributed by atoms with Crippen molar-refractivity contribution in [1.29, 1.82) is 0 Å². The molecule has 0 radical (unpaired) electrons. The minimum Gasteiger partial charge on any atom is -0.471 e. The number of ketones is 2. The van der Waals surface area contributed by atoms with Gasteiger partial charge in [-0.3, -0.25) is 14.4 Å². The van der Waals surface area contributed by atoms with Crippen molar-refractivity contribution in [3.63, 3.8) is 0 Å². The van der Waals surface area contributed by atoms with Gasteiger partial charge in [0.05, 0.1) is 7.11 Å². The topological polar surface area (TPSA) is 60.4 Å². The molecule has 0 amide bonds. The highest BCUT2D eigenvalue weighted by Gasteiger charge is 2.55. The third kappa shape index (κ3) is 2.80. The molecule has 4 rings (SSSR count). The highest BCUT2D eigenvalue weighted by Crippen LogP contribution is 2.62. The summed E-state index contributed by atoms with van der Waals surface area (Å²) in [6.45, 7) is 4.90. The van der Waals surface area contributed by atoms with Gasteiger partial charge in [0.1, 0.15) is 5.78 Å². The lowest BCUT2D eigenvalue weighted by atomic mass is 9.52. The summed E-state index contributed by atoms with van der Waals surface area (Å²) in [4.78, 5) is 33.0. The predicted molar refractivity (Wildman–Crippen MR) is 94.8 cm³/mol. The SMILES string of the molecule is CC12CCC(=O)C=C1CCC1C2=CCC2(C)C(=O)CCC12.COC=O. The minimum atomic E-state index is -0.101. The Morgan fingerprint density at radius 2 is 1.88 bits per heavy atom. The molecule has 0 heterocycles. The van der Waals surface area contributed by atoms with E-state index in [1.807, 2.05) is 6.08 Å². The Labute approximate surface area is 149 Å². The van der Waals surface area contributed by atoms with Gasteiger partial charge in [0.2, 0.25) is 0 Å². The number of ether oxygens (including phenoxy) is 1. The molecule has 0 aromatic rings. The zero-order chi connectivity index (χ0) is 18.2. The van der Waals surface area contributed by atoms with Crippen molar-refractivity contribution in [2.45, 2.75) is 58.8 Å². The lowest BCUT2D eigenvalue weighted by Crippen LogP contribution is -2.44. The summed E-state index contributed by atoms with van der Waals surface area (Å²) in [5, 5.41) is 0. The first kappa shape index (κ1) is 18.1. The Morgan fingerprint density at radius 3 is 2.56 bits per heavy atom. The molecule has 4 nitrogen and oxygen atoms in total. The average Bonchev–Trinajstić information content (AvgIpc) is 2.91. The van der Waals surface area contributed by atoms with Crippen molar-refractivity contribution in [2.75, 3.05) is 7.11 Å². The fourth-order valence-corrected chi connectivity index (χ4v) is 5.64. The molecule has 2 fully saturated rings. The molecule has 4 heteroatoms. The Balaban J connectivity index is 0.000000415. The van der Waals surface area contributed by atoms with Gasteiger partial charge < -0.3 is 4.74 Å². The number of carbonyl (C=O) groups excluding carboxylic acids is 3. The smallest absolute Gasteiger partial charge is 0.292 e. The molecule has 0 aromatic carbocycles. The molecule has 25 heavy (non-hydrogen) atoms. The lowest BCUT2D eigenvalue weighted by molar-refractivity contribution is -0.127. The van der Waals surface area contributed by atoms with Crippen molar-refractivity contribution in [3.8, 4) is 0 Å². The predicted octanol–water partition coefficient (Wildman–Crippen LogP) is 3.80. The van der Waals surface area contributed by atoms with E-state index < -0.39 is 0 Å². The van der Waals surface area contributed by atoms with Gasteiger partial charge in [-0.2, -0.15) is 0 Å². The average molecular weight is 344 g/mol. The molecule has 0 aliphatic heterocycles. The summed E-state index contributed by atoms with van der Waals surface area (Å²) in [5.74, 6) is 1.90. The molecule has 4 aliphatic carbocycles. The van der Waals surface area contributed by atoms with Crippen molar-refractivity contribution < 1.29 is 19.1 Å². The maximum atomic E-state index is 12.3. The first-order valence-corrected chi connectivity index (χ1v) is 9.31. The van der Waals surface area contributed by atoms with E-state index in [-0.39, 0.29) is 10.8 Å². The van der Waals surface area contributed by atoms with Gasteiger partial charge in [0.25, 0.3) is 6.47 Å². The van der Waals surface area contributed by atoms with Crippen LogP contribution in [-0.4, -0.2) is 25.1 Å². The fraction of sp³-hybridized carbons (Fsp3) is 0.667.